The molecular formula is C22H18F3N5O3S. The van der Waals surface area contributed by atoms with Crippen LogP contribution in [-0.2, 0) is 10.0 Å². The number of aryl methyl sites for hydroxylation is 1. The maximum absolute atomic E-state index is 12.8. The Morgan fingerprint density at radius 2 is 2.00 bits per heavy atom. The van der Waals surface area contributed by atoms with Crippen molar-refractivity contribution in [3.8, 4) is 23.2 Å². The van der Waals surface area contributed by atoms with Crippen LogP contribution in [0.4, 0.5) is 13.2 Å². The highest BCUT2D eigenvalue weighted by Gasteiger charge is 2.39. The molecule has 3 aromatic rings. The first-order chi connectivity index (χ1) is 16.0. The number of hydrogen-bond acceptors (Lipinski definition) is 6. The fraction of sp³-hybridized carbons (Fsp3) is 0.227. The Morgan fingerprint density at radius 3 is 2.50 bits per heavy atom. The van der Waals surface area contributed by atoms with Gasteiger partial charge in [0.05, 0.1) is 29.8 Å². The summed E-state index contributed by atoms with van der Waals surface area (Å²) in [6.07, 6.45) is 1.65. The third-order valence-electron chi connectivity index (χ3n) is 5.32. The summed E-state index contributed by atoms with van der Waals surface area (Å²) in [7, 11) is -2.98. The minimum Gasteiger partial charge on any atom is -0.495 e. The van der Waals surface area contributed by atoms with Crippen molar-refractivity contribution in [1.29, 1.82) is 5.26 Å². The molecule has 0 unspecified atom stereocenters. The average Bonchev–Trinajstić information content (AvgIpc) is 3.03. The summed E-state index contributed by atoms with van der Waals surface area (Å²) in [4.78, 5) is 8.32. The van der Waals surface area contributed by atoms with Crippen molar-refractivity contribution in [3.05, 3.63) is 53.9 Å². The van der Waals surface area contributed by atoms with Crippen molar-refractivity contribution >= 4 is 26.8 Å². The van der Waals surface area contributed by atoms with Crippen molar-refractivity contribution in [2.45, 2.75) is 31.0 Å². The van der Waals surface area contributed by atoms with Gasteiger partial charge in [0.2, 0.25) is 10.0 Å². The summed E-state index contributed by atoms with van der Waals surface area (Å²) in [5.74, 6) is 0.491. The van der Waals surface area contributed by atoms with E-state index in [9.17, 15) is 26.9 Å². The molecule has 0 amide bonds. The summed E-state index contributed by atoms with van der Waals surface area (Å²) in [6.45, 7) is 2.47. The summed E-state index contributed by atoms with van der Waals surface area (Å²) in [6, 6.07) is 4.06. The molecule has 3 aromatic heterocycles. The number of aromatic nitrogens is 3. The van der Waals surface area contributed by atoms with Gasteiger partial charge in [-0.2, -0.15) is 23.2 Å². The second kappa shape index (κ2) is 8.27. The van der Waals surface area contributed by atoms with Crippen molar-refractivity contribution in [2.24, 2.45) is 0 Å². The second-order valence-corrected chi connectivity index (χ2v) is 9.25. The van der Waals surface area contributed by atoms with Crippen LogP contribution >= 0.6 is 0 Å². The molecule has 1 aliphatic rings. The number of nitriles is 1. The topological polar surface area (TPSA) is 110 Å². The normalized spacial score (nSPS) is 14.4. The number of pyridine rings is 2. The maximum atomic E-state index is 12.8. The highest BCUT2D eigenvalue weighted by molar-refractivity contribution is 7.89. The molecule has 34 heavy (non-hydrogen) atoms. The van der Waals surface area contributed by atoms with Crippen molar-refractivity contribution < 1.29 is 26.3 Å². The third kappa shape index (κ3) is 3.93. The Hall–Kier alpha value is -3.69. The van der Waals surface area contributed by atoms with E-state index in [1.165, 1.54) is 13.2 Å². The van der Waals surface area contributed by atoms with Gasteiger partial charge in [0, 0.05) is 17.3 Å². The van der Waals surface area contributed by atoms with E-state index in [0.29, 0.717) is 35.1 Å². The lowest BCUT2D eigenvalue weighted by Gasteiger charge is -2.17. The Bertz CT molecular complexity index is 1500. The van der Waals surface area contributed by atoms with Crippen LogP contribution in [0.25, 0.3) is 28.1 Å². The number of nitrogens with zero attached hydrogens (tertiary/aromatic N) is 4. The zero-order valence-corrected chi connectivity index (χ0v) is 19.0. The number of sulfonamides is 1. The number of nitrogens with one attached hydrogen (secondary N) is 1. The van der Waals surface area contributed by atoms with Gasteiger partial charge in [-0.05, 0) is 44.2 Å². The van der Waals surface area contributed by atoms with E-state index in [0.717, 1.165) is 18.0 Å². The highest BCUT2D eigenvalue weighted by Crippen LogP contribution is 2.38. The zero-order chi connectivity index (χ0) is 24.8. The van der Waals surface area contributed by atoms with E-state index in [4.69, 9.17) is 4.74 Å². The molecule has 1 N–H and O–H groups in total. The number of allylic oxidation sites excluding steroid dienone is 4. The predicted molar refractivity (Wildman–Crippen MR) is 118 cm³/mol. The van der Waals surface area contributed by atoms with Crippen LogP contribution in [0.5, 0.6) is 5.75 Å². The first-order valence-electron chi connectivity index (χ1n) is 9.92. The monoisotopic (exact) mass is 489 g/mol. The largest absolute Gasteiger partial charge is 0.495 e. The van der Waals surface area contributed by atoms with E-state index in [1.807, 2.05) is 18.2 Å². The summed E-state index contributed by atoms with van der Waals surface area (Å²) in [5.41, 5.74) is 2.68. The summed E-state index contributed by atoms with van der Waals surface area (Å²) < 4.78 is 71.8. The average molecular weight is 489 g/mol. The Balaban J connectivity index is 1.85. The molecule has 12 heteroatoms. The lowest BCUT2D eigenvalue weighted by Crippen LogP contribution is -2.42. The first kappa shape index (κ1) is 23.5. The van der Waals surface area contributed by atoms with Crippen LogP contribution in [0.3, 0.4) is 0 Å². The maximum Gasteiger partial charge on any atom is 0.404 e. The van der Waals surface area contributed by atoms with Crippen molar-refractivity contribution in [2.75, 3.05) is 7.11 Å². The fourth-order valence-electron chi connectivity index (χ4n) is 3.47. The van der Waals surface area contributed by atoms with Crippen molar-refractivity contribution in [1.82, 2.24) is 19.3 Å². The molecule has 0 fully saturated rings. The number of rotatable bonds is 6. The minimum absolute atomic E-state index is 0.244. The van der Waals surface area contributed by atoms with E-state index in [1.54, 1.807) is 22.3 Å². The van der Waals surface area contributed by atoms with Crippen LogP contribution in [0, 0.1) is 18.3 Å². The molecule has 0 saturated carbocycles. The molecule has 1 aliphatic carbocycles. The Kier molecular flexibility index (Phi) is 5.71. The molecule has 0 aliphatic heterocycles. The summed E-state index contributed by atoms with van der Waals surface area (Å²) in [5, 5.41) is 10.5. The first-order valence-corrected chi connectivity index (χ1v) is 11.4. The Labute approximate surface area is 193 Å². The number of ether oxygens (including phenoxy) is 1. The van der Waals surface area contributed by atoms with Gasteiger partial charge in [-0.25, -0.2) is 13.4 Å². The lowest BCUT2D eigenvalue weighted by molar-refractivity contribution is -0.147. The fourth-order valence-corrected chi connectivity index (χ4v) is 4.64. The molecule has 0 aromatic carbocycles. The standard InChI is InChI=1S/C22H18F3N5O3S/c1-12-19(33-3)9-16-17(10-26)20(30(21(16)28-12)14-5-4-6-14)18-8-7-15(11-27-18)34(31,32)29-13(2)22(23,24)25/h4-9,11,13,29H,1-3H3/t13-/m0/s1. The molecule has 4 rings (SSSR count). The molecule has 8 nitrogen and oxygen atoms in total. The molecule has 0 bridgehead atoms. The SMILES string of the molecule is COc1cc2c(C#N)c(-c3ccc(S(=O)(=O)N[C@@H](C)C(F)(F)F)cn3)n(C3=CC=C3)c2nc1C. The van der Waals surface area contributed by atoms with Crippen LogP contribution in [0.1, 0.15) is 18.2 Å². The molecule has 3 heterocycles. The van der Waals surface area contributed by atoms with Gasteiger partial charge in [-0.1, -0.05) is 6.08 Å². The molecular weight excluding hydrogens is 471 g/mol. The summed E-state index contributed by atoms with van der Waals surface area (Å²) >= 11 is 0. The minimum atomic E-state index is -4.74. The van der Waals surface area contributed by atoms with E-state index in [2.05, 4.69) is 16.0 Å². The molecule has 1 atom stereocenters. The van der Waals surface area contributed by atoms with E-state index in [-0.39, 0.29) is 11.3 Å². The lowest BCUT2D eigenvalue weighted by atomic mass is 10.1. The predicted octanol–water partition coefficient (Wildman–Crippen LogP) is 3.93. The number of fused-ring (bicyclic) bond motifs is 1. The number of methoxy groups -OCH3 is 1. The van der Waals surface area contributed by atoms with Gasteiger partial charge in [-0.15, -0.1) is 0 Å². The smallest absolute Gasteiger partial charge is 0.404 e. The zero-order valence-electron chi connectivity index (χ0n) is 18.2. The molecule has 176 valence electrons. The molecule has 0 radical (unpaired) electrons. The van der Waals surface area contributed by atoms with Crippen LogP contribution in [0.15, 0.2) is 47.5 Å². The van der Waals surface area contributed by atoms with Gasteiger partial charge in [0.15, 0.2) is 0 Å². The highest BCUT2D eigenvalue weighted by atomic mass is 32.2. The van der Waals surface area contributed by atoms with Crippen LogP contribution in [-0.4, -0.2) is 42.3 Å². The Morgan fingerprint density at radius 1 is 1.29 bits per heavy atom. The number of alkyl halides is 3. The molecule has 0 saturated heterocycles. The van der Waals surface area contributed by atoms with Gasteiger partial charge in [0.1, 0.15) is 28.4 Å². The van der Waals surface area contributed by atoms with Crippen LogP contribution in [0.2, 0.25) is 0 Å². The van der Waals surface area contributed by atoms with Gasteiger partial charge in [0.25, 0.3) is 0 Å². The van der Waals surface area contributed by atoms with E-state index >= 15 is 0 Å². The third-order valence-corrected chi connectivity index (χ3v) is 6.85. The quantitative estimate of drug-likeness (QED) is 0.562. The van der Waals surface area contributed by atoms with Gasteiger partial charge >= 0.3 is 6.18 Å². The van der Waals surface area contributed by atoms with Crippen LogP contribution < -0.4 is 9.46 Å². The number of halogens is 3. The van der Waals surface area contributed by atoms with E-state index < -0.39 is 27.1 Å². The van der Waals surface area contributed by atoms with Gasteiger partial charge < -0.3 is 4.74 Å². The van der Waals surface area contributed by atoms with Gasteiger partial charge in [-0.3, -0.25) is 9.55 Å². The number of hydrogen-bond donors (Lipinski definition) is 1. The molecule has 0 spiro atoms. The second-order valence-electron chi connectivity index (χ2n) is 7.53. The van der Waals surface area contributed by atoms with Crippen molar-refractivity contribution in [3.63, 3.8) is 0 Å².